The van der Waals surface area contributed by atoms with Crippen molar-refractivity contribution in [1.29, 1.82) is 0 Å². The van der Waals surface area contributed by atoms with E-state index in [1.54, 1.807) is 35.1 Å². The predicted molar refractivity (Wildman–Crippen MR) is 458 cm³/mol. The molecule has 0 radical (unpaired) electrons. The Balaban J connectivity index is 0.000000137. The number of aromatic nitrogens is 8. The first-order valence-corrected chi connectivity index (χ1v) is 38.7. The van der Waals surface area contributed by atoms with Crippen LogP contribution in [0.15, 0.2) is 164 Å². The summed E-state index contributed by atoms with van der Waals surface area (Å²) >= 11 is 0. The van der Waals surface area contributed by atoms with Gasteiger partial charge in [0, 0.05) is 154 Å². The summed E-state index contributed by atoms with van der Waals surface area (Å²) < 4.78 is 212. The van der Waals surface area contributed by atoms with Gasteiger partial charge in [-0.3, -0.25) is 0 Å². The monoisotopic (exact) mass is 1510 g/mol. The van der Waals surface area contributed by atoms with Gasteiger partial charge in [0.2, 0.25) is 45.6 Å². The summed E-state index contributed by atoms with van der Waals surface area (Å²) in [6.45, 7) is 18.7. The smallest absolute Gasteiger partial charge is 0.227 e. The number of hydrogen-bond acceptors (Lipinski definition) is 8. The molecule has 0 bridgehead atoms. The minimum atomic E-state index is -3.40. The fraction of sp³-hybridized carbons (Fsp3) is 0.360. The third kappa shape index (κ3) is 14.5. The second kappa shape index (κ2) is 30.8. The molecule has 4 aromatic carbocycles. The van der Waals surface area contributed by atoms with Gasteiger partial charge >= 0.3 is 0 Å². The minimum Gasteiger partial charge on any atom is -0.437 e. The van der Waals surface area contributed by atoms with Crippen LogP contribution in [0.5, 0.6) is 0 Å². The molecule has 0 atom stereocenters. The fourth-order valence-corrected chi connectivity index (χ4v) is 15.7. The third-order valence-electron chi connectivity index (χ3n) is 21.5. The van der Waals surface area contributed by atoms with Gasteiger partial charge in [0.25, 0.3) is 0 Å². The van der Waals surface area contributed by atoms with Gasteiger partial charge in [0.15, 0.2) is 60.2 Å². The number of furan rings is 4. The molecular weight excluding hydrogens is 1380 g/mol. The number of rotatable bonds is 14. The lowest BCUT2D eigenvalue weighted by atomic mass is 9.96. The van der Waals surface area contributed by atoms with Gasteiger partial charge in [-0.2, -0.15) is 9.13 Å². The van der Waals surface area contributed by atoms with Gasteiger partial charge in [0.1, 0.15) is 14.1 Å². The van der Waals surface area contributed by atoms with Gasteiger partial charge in [-0.1, -0.05) is 133 Å². The predicted octanol–water partition coefficient (Wildman–Crippen LogP) is 23.6. The van der Waals surface area contributed by atoms with Gasteiger partial charge in [-0.05, 0) is 209 Å². The van der Waals surface area contributed by atoms with Crippen LogP contribution in [0.4, 0.5) is 0 Å². The zero-order valence-corrected chi connectivity index (χ0v) is 67.2. The number of nitrogens with zero attached hydrogens (tertiary/aromatic N) is 8. The van der Waals surface area contributed by atoms with E-state index in [2.05, 4.69) is 124 Å². The number of benzene rings is 4. The van der Waals surface area contributed by atoms with E-state index < -0.39 is 64.7 Å². The van der Waals surface area contributed by atoms with E-state index in [0.717, 1.165) is 179 Å². The van der Waals surface area contributed by atoms with E-state index in [1.807, 2.05) is 133 Å². The Morgan fingerprint density at radius 3 is 1.02 bits per heavy atom. The lowest BCUT2D eigenvalue weighted by Gasteiger charge is -2.11. The van der Waals surface area contributed by atoms with Crippen LogP contribution in [0.3, 0.4) is 0 Å². The first-order chi connectivity index (χ1) is 62.3. The molecule has 0 spiro atoms. The van der Waals surface area contributed by atoms with E-state index in [0.29, 0.717) is 64.2 Å². The van der Waals surface area contributed by atoms with Crippen LogP contribution in [-0.2, 0) is 65.5 Å². The summed E-state index contributed by atoms with van der Waals surface area (Å²) in [4.78, 5) is 18.7. The fourth-order valence-electron chi connectivity index (χ4n) is 15.7. The topological polar surface area (TPSA) is 120 Å². The van der Waals surface area contributed by atoms with E-state index in [-0.39, 0.29) is 28.9 Å². The summed E-state index contributed by atoms with van der Waals surface area (Å²) in [6.07, 6.45) is -0.402. The van der Waals surface area contributed by atoms with Crippen molar-refractivity contribution < 1.29 is 66.1 Å². The standard InChI is InChI=1S/C26H31N2O.C25H27N2O.C25H29N2O.C24H25N2O/c1-15(2)12-19-14-28(7)23(13-18(19)6)24-17(5)8-9-20-21-10-11-22(16(3)4)27-26(21)29-25(20)24;1-14(2)10-18-13-27-12-17-6-7-19-20-8-9-21(15(3)4)26-25(20)28-24(19)23(17)22(27)11-16(18)5;1-7-19-9-11-21-20-10-8-16(4)23(24(20)28-25(21)26-19)22-13-17(5)18(12-15(2)3)14-27(22)6;1-5-18-7-9-20-19-8-6-16-12-26-13-17(10-14(2)3)15(4)11-21(26)22(16)23(19)27-24(20)25-18/h8-11,13-16H,12H2,1-7H3;6-9,11,13-15H,10,12H2,1-5H3;8-11,13-15H,7,12H2,1-6H3;6-9,11,13-14H,5,10,12H2,1-4H3/q4*+1/i12D2;1D3,2D3,10D2,14D;12D2;2D3,3D3,10D2,14D. The van der Waals surface area contributed by atoms with Crippen LogP contribution < -0.4 is 18.3 Å². The molecule has 18 rings (SSSR count). The maximum atomic E-state index is 8.67. The van der Waals surface area contributed by atoms with Gasteiger partial charge < -0.3 is 17.7 Å². The van der Waals surface area contributed by atoms with Crippen molar-refractivity contribution in [3.05, 3.63) is 236 Å². The van der Waals surface area contributed by atoms with Crippen LogP contribution in [0.1, 0.15) is 228 Å². The van der Waals surface area contributed by atoms with Crippen LogP contribution in [0.25, 0.3) is 133 Å². The van der Waals surface area contributed by atoms with E-state index >= 15 is 0 Å². The van der Waals surface area contributed by atoms with Crippen LogP contribution in [-0.4, -0.2) is 19.9 Å². The third-order valence-corrected chi connectivity index (χ3v) is 21.5. The second-order valence-electron chi connectivity index (χ2n) is 31.2. The van der Waals surface area contributed by atoms with Crippen molar-refractivity contribution in [2.45, 2.75) is 201 Å². The average molecular weight is 1510 g/mol. The maximum absolute atomic E-state index is 8.67. The Morgan fingerprint density at radius 2 is 0.679 bits per heavy atom. The molecule has 112 heavy (non-hydrogen) atoms. The second-order valence-corrected chi connectivity index (χ2v) is 31.2. The number of fused-ring (bicyclic) bond motifs is 20. The maximum Gasteiger partial charge on any atom is 0.227 e. The Labute approximate surface area is 691 Å². The van der Waals surface area contributed by atoms with Crippen LogP contribution >= 0.6 is 0 Å². The van der Waals surface area contributed by atoms with Crippen molar-refractivity contribution in [2.75, 3.05) is 0 Å². The Kier molecular flexibility index (Phi) is 14.8. The molecule has 572 valence electrons. The molecule has 12 nitrogen and oxygen atoms in total. The summed E-state index contributed by atoms with van der Waals surface area (Å²) in [5.41, 5.74) is 24.3. The molecule has 2 aliphatic rings. The van der Waals surface area contributed by atoms with Crippen molar-refractivity contribution >= 4 is 88.3 Å². The Hall–Kier alpha value is -10.7. The Morgan fingerprint density at radius 1 is 0.366 bits per heavy atom. The molecule has 0 saturated heterocycles. The van der Waals surface area contributed by atoms with E-state index in [1.165, 1.54) is 12.4 Å². The lowest BCUT2D eigenvalue weighted by molar-refractivity contribution is -0.672. The molecule has 0 saturated carbocycles. The number of pyridine rings is 8. The molecule has 0 amide bonds. The average Bonchev–Trinajstić information content (AvgIpc) is 1.55. The first kappa shape index (κ1) is 54.0. The Bertz CT molecular complexity index is 7380. The summed E-state index contributed by atoms with van der Waals surface area (Å²) in [7, 11) is 3.95. The normalized spacial score (nSPS) is 16.5. The molecular formula is C100H112N8O4+4. The van der Waals surface area contributed by atoms with E-state index in [9.17, 15) is 0 Å². The van der Waals surface area contributed by atoms with Crippen LogP contribution in [0.2, 0.25) is 0 Å². The van der Waals surface area contributed by atoms with Crippen molar-refractivity contribution in [1.82, 2.24) is 19.9 Å². The summed E-state index contributed by atoms with van der Waals surface area (Å²) in [5, 5.41) is 7.74. The molecule has 16 aromatic rings. The molecule has 12 heteroatoms. The molecule has 0 aliphatic carbocycles. The first-order valence-electron chi connectivity index (χ1n) is 49.7. The molecule has 0 fully saturated rings. The lowest BCUT2D eigenvalue weighted by Crippen LogP contribution is -2.33. The quantitative estimate of drug-likeness (QED) is 0.0988. The molecule has 12 aromatic heterocycles. The molecule has 14 heterocycles. The van der Waals surface area contributed by atoms with Crippen molar-refractivity contribution in [2.24, 2.45) is 37.7 Å². The van der Waals surface area contributed by atoms with Gasteiger partial charge in [-0.15, -0.1) is 0 Å². The summed E-state index contributed by atoms with van der Waals surface area (Å²) in [5.74, 6) is -6.39. The highest BCUT2D eigenvalue weighted by Gasteiger charge is 2.35. The molecule has 0 N–H and O–H groups in total. The largest absolute Gasteiger partial charge is 0.437 e. The van der Waals surface area contributed by atoms with Gasteiger partial charge in [-0.25, -0.2) is 29.1 Å². The highest BCUT2D eigenvalue weighted by Crippen LogP contribution is 2.44. The minimum absolute atomic E-state index is 0.110. The number of aryl methyl sites for hydroxylation is 10. The highest BCUT2D eigenvalue weighted by atomic mass is 16.4. The zero-order valence-electron chi connectivity index (χ0n) is 89.2. The molecule has 2 aliphatic heterocycles. The molecule has 0 unspecified atom stereocenters. The van der Waals surface area contributed by atoms with Crippen molar-refractivity contribution in [3.8, 4) is 45.0 Å². The van der Waals surface area contributed by atoms with Gasteiger partial charge in [0.05, 0.1) is 22.3 Å². The van der Waals surface area contributed by atoms with E-state index in [4.69, 9.17) is 52.8 Å². The number of hydrogen-bond donors (Lipinski definition) is 0. The zero-order chi connectivity index (χ0) is 98.2. The van der Waals surface area contributed by atoms with Crippen LogP contribution in [0, 0.1) is 65.2 Å². The van der Waals surface area contributed by atoms with Crippen molar-refractivity contribution in [3.63, 3.8) is 0 Å². The SMILES string of the molecule is [2H]C([2H])([2H])C([2H])(C([2H])([2H])[2H])C([2H])([2H])c1c[n+]2c(cc1C)-c1c(ccc3c1oc1nc(C(C)C)ccc13)C2.[2H]C([2H])([2H])C([2H])(C([2H])([2H])[2H])C([2H])([2H])c1c[n+]2c(cc1C)-c1c(ccc3c1oc1nc(CC)ccc13)C2.[2H]C([2H])(c1c[n+](C)c(-c2c(C)ccc3c2oc2nc(C(C)C)ccc23)cc1C)C(C)C.[2H]C([2H])(c1c[n+](C)c(-c2c(C)ccc3c2oc2nc(CC)ccc23)cc1C)C(C)C. The highest BCUT2D eigenvalue weighted by molar-refractivity contribution is 6.12. The summed E-state index contributed by atoms with van der Waals surface area (Å²) in [6, 6.07) is 40.2.